The Morgan fingerprint density at radius 1 is 1.10 bits per heavy atom. The smallest absolute Gasteiger partial charge is 0.162 e. The molecule has 2 aromatic carbocycles. The minimum absolute atomic E-state index is 0.221. The molecule has 0 radical (unpaired) electrons. The predicted molar refractivity (Wildman–Crippen MR) is 76.9 cm³/mol. The van der Waals surface area contributed by atoms with Gasteiger partial charge in [-0.2, -0.15) is 0 Å². The first-order valence-corrected chi connectivity index (χ1v) is 6.93. The van der Waals surface area contributed by atoms with Crippen LogP contribution in [0.2, 0.25) is 0 Å². The summed E-state index contributed by atoms with van der Waals surface area (Å²) in [6.45, 7) is 2.12. The number of fused-ring (bicyclic) bond motifs is 1. The second-order valence-corrected chi connectivity index (χ2v) is 5.48. The monoisotopic (exact) mass is 273 g/mol. The van der Waals surface area contributed by atoms with Crippen LogP contribution in [0.4, 0.5) is 14.5 Å². The highest BCUT2D eigenvalue weighted by atomic mass is 19.2. The van der Waals surface area contributed by atoms with E-state index in [2.05, 4.69) is 18.3 Å². The molecule has 0 fully saturated rings. The Balaban J connectivity index is 1.93. The molecule has 0 spiro atoms. The lowest BCUT2D eigenvalue weighted by atomic mass is 9.83. The van der Waals surface area contributed by atoms with Crippen molar-refractivity contribution in [1.82, 2.24) is 0 Å². The number of rotatable bonds is 2. The molecule has 104 valence electrons. The Hall–Kier alpha value is -1.90. The summed E-state index contributed by atoms with van der Waals surface area (Å²) in [5.41, 5.74) is 2.75. The molecule has 3 rings (SSSR count). The average Bonchev–Trinajstić information content (AvgIpc) is 2.43. The first-order chi connectivity index (χ1) is 9.65. The summed E-state index contributed by atoms with van der Waals surface area (Å²) in [6.07, 6.45) is 1.46. The Bertz CT molecular complexity index is 624. The van der Waals surface area contributed by atoms with Crippen LogP contribution in [0.3, 0.4) is 0 Å². The van der Waals surface area contributed by atoms with Crippen LogP contribution in [0.5, 0.6) is 0 Å². The number of nitrogens with one attached hydrogen (secondary N) is 1. The van der Waals surface area contributed by atoms with Crippen molar-refractivity contribution in [3.8, 4) is 0 Å². The van der Waals surface area contributed by atoms with E-state index in [1.54, 1.807) is 12.1 Å². The Labute approximate surface area is 117 Å². The van der Waals surface area contributed by atoms with Crippen LogP contribution in [-0.4, -0.2) is 6.04 Å². The fraction of sp³-hybridized carbons (Fsp3) is 0.294. The molecule has 0 aromatic heterocycles. The van der Waals surface area contributed by atoms with Gasteiger partial charge in [-0.15, -0.1) is 0 Å². The molecule has 0 aliphatic carbocycles. The number of halogens is 2. The zero-order valence-electron chi connectivity index (χ0n) is 11.4. The third-order valence-corrected chi connectivity index (χ3v) is 3.94. The maximum absolute atomic E-state index is 13.8. The second-order valence-electron chi connectivity index (χ2n) is 5.48. The van der Waals surface area contributed by atoms with Gasteiger partial charge in [0.25, 0.3) is 0 Å². The van der Waals surface area contributed by atoms with Gasteiger partial charge in [-0.25, -0.2) is 8.78 Å². The van der Waals surface area contributed by atoms with Crippen molar-refractivity contribution in [3.63, 3.8) is 0 Å². The van der Waals surface area contributed by atoms with Gasteiger partial charge in [0, 0.05) is 11.7 Å². The van der Waals surface area contributed by atoms with Crippen LogP contribution in [0.15, 0.2) is 42.5 Å². The van der Waals surface area contributed by atoms with E-state index in [1.165, 1.54) is 5.56 Å². The average molecular weight is 273 g/mol. The highest BCUT2D eigenvalue weighted by molar-refractivity contribution is 5.55. The summed E-state index contributed by atoms with van der Waals surface area (Å²) in [6, 6.07) is 12.8. The summed E-state index contributed by atoms with van der Waals surface area (Å²) in [4.78, 5) is 0. The minimum atomic E-state index is -0.766. The topological polar surface area (TPSA) is 12.0 Å². The van der Waals surface area contributed by atoms with Crippen LogP contribution < -0.4 is 5.32 Å². The summed E-state index contributed by atoms with van der Waals surface area (Å²) < 4.78 is 27.2. The van der Waals surface area contributed by atoms with Crippen LogP contribution in [0, 0.1) is 11.6 Å². The van der Waals surface area contributed by atoms with Crippen molar-refractivity contribution in [1.29, 1.82) is 0 Å². The molecule has 2 aromatic rings. The molecule has 1 aliphatic rings. The number of hydrogen-bond donors (Lipinski definition) is 1. The lowest BCUT2D eigenvalue weighted by molar-refractivity contribution is 0.484. The minimum Gasteiger partial charge on any atom is -0.382 e. The lowest BCUT2D eigenvalue weighted by Gasteiger charge is -2.31. The van der Waals surface area contributed by atoms with Crippen molar-refractivity contribution in [2.45, 2.75) is 31.7 Å². The van der Waals surface area contributed by atoms with Crippen LogP contribution in [0.1, 0.15) is 30.4 Å². The SMILES string of the molecule is CC1CC(Cc2cccc(F)c2F)c2ccccc2N1. The molecule has 1 N–H and O–H groups in total. The fourth-order valence-corrected chi connectivity index (χ4v) is 3.03. The quantitative estimate of drug-likeness (QED) is 0.849. The third kappa shape index (κ3) is 2.40. The summed E-state index contributed by atoms with van der Waals surface area (Å²) in [5, 5.41) is 3.43. The van der Waals surface area contributed by atoms with Crippen LogP contribution >= 0.6 is 0 Å². The maximum Gasteiger partial charge on any atom is 0.162 e. The fourth-order valence-electron chi connectivity index (χ4n) is 3.03. The van der Waals surface area contributed by atoms with Crippen molar-refractivity contribution in [3.05, 3.63) is 65.2 Å². The van der Waals surface area contributed by atoms with Gasteiger partial charge in [-0.05, 0) is 48.9 Å². The molecule has 0 saturated heterocycles. The number of anilines is 1. The van der Waals surface area contributed by atoms with E-state index < -0.39 is 11.6 Å². The summed E-state index contributed by atoms with van der Waals surface area (Å²) in [5.74, 6) is -1.26. The molecule has 3 heteroatoms. The molecule has 20 heavy (non-hydrogen) atoms. The predicted octanol–water partition coefficient (Wildman–Crippen LogP) is 4.50. The number of hydrogen-bond acceptors (Lipinski definition) is 1. The molecule has 2 atom stereocenters. The first-order valence-electron chi connectivity index (χ1n) is 6.93. The molecule has 1 nitrogen and oxygen atoms in total. The van der Waals surface area contributed by atoms with Gasteiger partial charge in [0.15, 0.2) is 11.6 Å². The Morgan fingerprint density at radius 2 is 1.90 bits per heavy atom. The molecular weight excluding hydrogens is 256 g/mol. The Morgan fingerprint density at radius 3 is 2.75 bits per heavy atom. The van der Waals surface area contributed by atoms with Gasteiger partial charge >= 0.3 is 0 Å². The van der Waals surface area contributed by atoms with E-state index >= 15 is 0 Å². The van der Waals surface area contributed by atoms with Crippen LogP contribution in [-0.2, 0) is 6.42 Å². The molecular formula is C17H17F2N. The zero-order chi connectivity index (χ0) is 14.1. The highest BCUT2D eigenvalue weighted by Crippen LogP contribution is 2.36. The van der Waals surface area contributed by atoms with E-state index in [9.17, 15) is 8.78 Å². The zero-order valence-corrected chi connectivity index (χ0v) is 11.4. The van der Waals surface area contributed by atoms with Gasteiger partial charge in [0.1, 0.15) is 0 Å². The normalized spacial score (nSPS) is 21.1. The van der Waals surface area contributed by atoms with Crippen molar-refractivity contribution < 1.29 is 8.78 Å². The van der Waals surface area contributed by atoms with Gasteiger partial charge in [-0.3, -0.25) is 0 Å². The van der Waals surface area contributed by atoms with Crippen molar-refractivity contribution in [2.24, 2.45) is 0 Å². The van der Waals surface area contributed by atoms with Gasteiger partial charge in [-0.1, -0.05) is 30.3 Å². The Kier molecular flexibility index (Phi) is 3.43. The molecule has 0 amide bonds. The van der Waals surface area contributed by atoms with Gasteiger partial charge in [0.2, 0.25) is 0 Å². The van der Waals surface area contributed by atoms with Crippen molar-refractivity contribution in [2.75, 3.05) is 5.32 Å². The molecule has 0 bridgehead atoms. The number of benzene rings is 2. The van der Waals surface area contributed by atoms with Crippen molar-refractivity contribution >= 4 is 5.69 Å². The standard InChI is InChI=1S/C17H17F2N/c1-11-9-13(14-6-2-3-8-16(14)20-11)10-12-5-4-7-15(18)17(12)19/h2-8,11,13,20H,9-10H2,1H3. The van der Waals surface area contributed by atoms with E-state index in [0.29, 0.717) is 18.0 Å². The van der Waals surface area contributed by atoms with E-state index in [0.717, 1.165) is 18.2 Å². The second kappa shape index (κ2) is 5.23. The van der Waals surface area contributed by atoms with E-state index in [-0.39, 0.29) is 5.92 Å². The first kappa shape index (κ1) is 13.1. The van der Waals surface area contributed by atoms with Gasteiger partial charge in [0.05, 0.1) is 0 Å². The largest absolute Gasteiger partial charge is 0.382 e. The maximum atomic E-state index is 13.8. The molecule has 2 unspecified atom stereocenters. The lowest BCUT2D eigenvalue weighted by Crippen LogP contribution is -2.26. The molecule has 1 aliphatic heterocycles. The molecule has 0 saturated carbocycles. The molecule has 1 heterocycles. The summed E-state index contributed by atoms with van der Waals surface area (Å²) >= 11 is 0. The van der Waals surface area contributed by atoms with E-state index in [4.69, 9.17) is 0 Å². The third-order valence-electron chi connectivity index (χ3n) is 3.94. The van der Waals surface area contributed by atoms with Gasteiger partial charge < -0.3 is 5.32 Å². The number of para-hydroxylation sites is 1. The highest BCUT2D eigenvalue weighted by Gasteiger charge is 2.25. The van der Waals surface area contributed by atoms with E-state index in [1.807, 2.05) is 18.2 Å². The summed E-state index contributed by atoms with van der Waals surface area (Å²) in [7, 11) is 0. The van der Waals surface area contributed by atoms with Crippen LogP contribution in [0.25, 0.3) is 0 Å².